The summed E-state index contributed by atoms with van der Waals surface area (Å²) >= 11 is 0. The van der Waals surface area contributed by atoms with E-state index in [9.17, 15) is 15.3 Å². The maximum Gasteiger partial charge on any atom is 0.310 e. The number of ether oxygens (including phenoxy) is 3. The second-order valence-corrected chi connectivity index (χ2v) is 52.4. The Morgan fingerprint density at radius 2 is 0.293 bits per heavy atom. The van der Waals surface area contributed by atoms with Crippen LogP contribution >= 0.6 is 0 Å². The second-order valence-electron chi connectivity index (χ2n) is 52.4. The van der Waals surface area contributed by atoms with Crippen LogP contribution in [0.15, 0.2) is 0 Å². The normalized spacial score (nSPS) is 26.3. The van der Waals surface area contributed by atoms with Crippen molar-refractivity contribution in [1.29, 1.82) is 0 Å². The van der Waals surface area contributed by atoms with E-state index in [0.29, 0.717) is 120 Å². The van der Waals surface area contributed by atoms with Crippen LogP contribution < -0.4 is 0 Å². The van der Waals surface area contributed by atoms with Crippen LogP contribution in [-0.2, 0) is 43.0 Å². The van der Waals surface area contributed by atoms with Crippen molar-refractivity contribution in [3.63, 3.8) is 0 Å². The van der Waals surface area contributed by atoms with E-state index in [2.05, 4.69) is 41.5 Å². The highest BCUT2D eigenvalue weighted by atomic mass is 16.7. The van der Waals surface area contributed by atoms with Crippen molar-refractivity contribution in [2.75, 3.05) is 0 Å². The van der Waals surface area contributed by atoms with Crippen molar-refractivity contribution in [2.45, 2.75) is 770 Å². The number of ketones is 3. The SMILES string of the molecule is CCCCCCCCCCCCCCC[C@H]1CC[C@H](C(=O)O[C@@]2(C(=O)[C@H]3CC[C@H](CCCCCCCCCCCCCCC)CC3)[C@@](OC(=O)[C@H]3CC[C@H](CCCCCCCCCCCCCCC)CC3)(C(=O)[C@H]3CC[C@H](CCCCCCCCCCCCCCC)CC3)[C@@H](O)[C@H](O)[C@@H](O)[C@@]2(OC(=O)[C@H]2CC[C@H](CCCCCCCCCCCCCCC)CC2)C(=O)[C@H]2CC[C@H](CCCCCCCCCCCCCCC)CC2)CC1. The van der Waals surface area contributed by atoms with Gasteiger partial charge >= 0.3 is 17.9 Å². The number of Topliss-reactive ketones (excluding diaryl/α,β-unsaturated/α-hetero) is 3. The Kier molecular flexibility index (Phi) is 77.1. The highest BCUT2D eigenvalue weighted by Gasteiger charge is 2.89. The van der Waals surface area contributed by atoms with E-state index in [-0.39, 0.29) is 30.6 Å². The molecular weight excluding hydrogens is 1850 g/mol. The molecule has 0 aromatic carbocycles. The maximum atomic E-state index is 18.8. The third-order valence-corrected chi connectivity index (χ3v) is 39.9. The molecular formula is C138H252O12. The molecule has 150 heavy (non-hydrogen) atoms. The van der Waals surface area contributed by atoms with Gasteiger partial charge in [0, 0.05) is 17.8 Å². The minimum atomic E-state index is -3.47. The molecule has 0 heterocycles. The van der Waals surface area contributed by atoms with Gasteiger partial charge in [-0.2, -0.15) is 0 Å². The summed E-state index contributed by atoms with van der Waals surface area (Å²) in [6.45, 7) is 13.7. The molecule has 0 aliphatic heterocycles. The van der Waals surface area contributed by atoms with Gasteiger partial charge in [0.15, 0.2) is 17.3 Å². The number of carbonyl (C=O) groups excluding carboxylic acids is 6. The molecule has 0 amide bonds. The first-order valence-electron chi connectivity index (χ1n) is 68.9. The fourth-order valence-electron chi connectivity index (χ4n) is 29.4. The fraction of sp³-hybridized carbons (Fsp3) is 0.957. The zero-order valence-electron chi connectivity index (χ0n) is 101. The van der Waals surface area contributed by atoms with Crippen molar-refractivity contribution in [1.82, 2.24) is 0 Å². The van der Waals surface area contributed by atoms with E-state index >= 15 is 28.8 Å². The number of aliphatic hydroxyl groups excluding tert-OH is 3. The Morgan fingerprint density at radius 1 is 0.167 bits per heavy atom. The van der Waals surface area contributed by atoms with Crippen molar-refractivity contribution in [3.8, 4) is 0 Å². The van der Waals surface area contributed by atoms with Gasteiger partial charge in [-0.15, -0.1) is 0 Å². The minimum absolute atomic E-state index is 0.261. The molecule has 7 fully saturated rings. The van der Waals surface area contributed by atoms with Crippen molar-refractivity contribution < 1.29 is 58.3 Å². The van der Waals surface area contributed by atoms with Gasteiger partial charge in [-0.1, -0.05) is 581 Å². The summed E-state index contributed by atoms with van der Waals surface area (Å²) in [4.78, 5) is 107. The molecule has 7 aliphatic rings. The van der Waals surface area contributed by atoms with Gasteiger partial charge in [-0.05, 0) is 190 Å². The maximum absolute atomic E-state index is 18.8. The molecule has 7 saturated carbocycles. The lowest BCUT2D eigenvalue weighted by Crippen LogP contribution is -2.92. The summed E-state index contributed by atoms with van der Waals surface area (Å²) in [6.07, 6.45) is 111. The number of hydrogen-bond acceptors (Lipinski definition) is 12. The fourth-order valence-corrected chi connectivity index (χ4v) is 29.4. The van der Waals surface area contributed by atoms with Crippen molar-refractivity contribution in [2.24, 2.45) is 71.0 Å². The predicted octanol–water partition coefficient (Wildman–Crippen LogP) is 41.4. The Hall–Kier alpha value is -2.70. The van der Waals surface area contributed by atoms with Crippen molar-refractivity contribution in [3.05, 3.63) is 0 Å². The standard InChI is InChI=1S/C138H252O12/c1-7-13-19-25-31-37-43-49-55-61-67-73-79-85-115-91-103-121(104-92-115)128(140)136(148-133(145)124-109-97-118(98-110-124)88-82-76-70-64-58-52-46-40-34-28-22-16-10-4)131(143)127(139)132(144)137(129(141)122-105-93-116(94-106-122)86-80-74-68-62-56-50-44-38-32-26-20-14-8-2,149-134(146)125-111-99-119(100-112-125)89-83-77-71-65-59-53-47-41-35-29-23-17-11-5)138(136,130(142)123-107-95-117(96-108-123)87-81-75-69-63-57-51-45-39-33-27-21-15-9-3)150-135(147)126-113-101-120(102-114-126)90-84-78-72-66-60-54-48-42-36-30-24-18-12-6/h115-127,131-132,139,143-144H,7-114H2,1-6H3/t115-,116-,117-,118-,119-,120-,121-,122-,123-,124-,125-,126-,127-,131-,132+,136+,137-,138-. The molecule has 0 aromatic heterocycles. The number of esters is 3. The van der Waals surface area contributed by atoms with E-state index in [1.54, 1.807) is 0 Å². The molecule has 6 atom stereocenters. The lowest BCUT2D eigenvalue weighted by atomic mass is 9.49. The molecule has 12 heteroatoms. The highest BCUT2D eigenvalue weighted by Crippen LogP contribution is 2.60. The molecule has 0 bridgehead atoms. The second kappa shape index (κ2) is 86.2. The third kappa shape index (κ3) is 51.5. The Bertz CT molecular complexity index is 3080. The monoisotopic (exact) mass is 2100 g/mol. The number of unbranched alkanes of at least 4 members (excludes halogenated alkanes) is 72. The molecule has 3 N–H and O–H groups in total. The van der Waals surface area contributed by atoms with Crippen LogP contribution in [0.4, 0.5) is 0 Å². The van der Waals surface area contributed by atoms with E-state index in [1.807, 2.05) is 0 Å². The summed E-state index contributed by atoms with van der Waals surface area (Å²) in [6, 6.07) is 0. The van der Waals surface area contributed by atoms with Gasteiger partial charge in [0.05, 0.1) is 17.8 Å². The smallest absolute Gasteiger partial charge is 0.310 e. The molecule has 7 aliphatic carbocycles. The summed E-state index contributed by atoms with van der Waals surface area (Å²) in [7, 11) is 0. The summed E-state index contributed by atoms with van der Waals surface area (Å²) in [5.74, 6) is -8.67. The largest absolute Gasteiger partial charge is 0.443 e. The topological polar surface area (TPSA) is 191 Å². The molecule has 12 nitrogen and oxygen atoms in total. The minimum Gasteiger partial charge on any atom is -0.443 e. The summed E-state index contributed by atoms with van der Waals surface area (Å²) in [5.41, 5.74) is -10.2. The average Bonchev–Trinajstić information content (AvgIpc) is 0.655. The molecule has 0 spiro atoms. The number of aliphatic hydroxyl groups is 3. The zero-order valence-corrected chi connectivity index (χ0v) is 101. The Labute approximate surface area is 928 Å². The first-order valence-corrected chi connectivity index (χ1v) is 68.9. The van der Waals surface area contributed by atoms with Crippen LogP contribution in [0.5, 0.6) is 0 Å². The Balaban J connectivity index is 1.30. The van der Waals surface area contributed by atoms with Crippen LogP contribution in [-0.4, -0.2) is 85.7 Å². The quantitative estimate of drug-likeness (QED) is 0.0297. The molecule has 876 valence electrons. The molecule has 0 radical (unpaired) electrons. The van der Waals surface area contributed by atoms with Crippen LogP contribution in [0.2, 0.25) is 0 Å². The van der Waals surface area contributed by atoms with E-state index < -0.39 is 106 Å². The Morgan fingerprint density at radius 3 is 0.447 bits per heavy atom. The van der Waals surface area contributed by atoms with Gasteiger partial charge in [0.25, 0.3) is 5.60 Å². The lowest BCUT2D eigenvalue weighted by molar-refractivity contribution is -0.329. The van der Waals surface area contributed by atoms with E-state index in [4.69, 9.17) is 14.2 Å². The summed E-state index contributed by atoms with van der Waals surface area (Å²) < 4.78 is 22.9. The number of carbonyl (C=O) groups is 6. The van der Waals surface area contributed by atoms with Crippen LogP contribution in [0, 0.1) is 71.0 Å². The van der Waals surface area contributed by atoms with Crippen molar-refractivity contribution >= 4 is 35.3 Å². The summed E-state index contributed by atoms with van der Waals surface area (Å²) in [5, 5.41) is 43.1. The van der Waals surface area contributed by atoms with Gasteiger partial charge in [-0.25, -0.2) is 0 Å². The predicted molar refractivity (Wildman–Crippen MR) is 634 cm³/mol. The van der Waals surface area contributed by atoms with Gasteiger partial charge in [0.2, 0.25) is 11.2 Å². The van der Waals surface area contributed by atoms with Crippen LogP contribution in [0.1, 0.15) is 735 Å². The highest BCUT2D eigenvalue weighted by molar-refractivity contribution is 6.12. The average molecular weight is 2100 g/mol. The molecule has 7 rings (SSSR count). The van der Waals surface area contributed by atoms with Crippen LogP contribution in [0.3, 0.4) is 0 Å². The molecule has 0 unspecified atom stereocenters. The van der Waals surface area contributed by atoms with E-state index in [0.717, 1.165) is 141 Å². The van der Waals surface area contributed by atoms with Gasteiger partial charge < -0.3 is 29.5 Å². The third-order valence-electron chi connectivity index (χ3n) is 39.9. The molecule has 0 aromatic rings. The number of hydrogen-bond donors (Lipinski definition) is 3. The first-order chi connectivity index (χ1) is 73.6. The molecule has 0 saturated heterocycles. The zero-order chi connectivity index (χ0) is 107. The first kappa shape index (κ1) is 134. The number of rotatable bonds is 96. The van der Waals surface area contributed by atoms with E-state index in [1.165, 1.54) is 437 Å². The van der Waals surface area contributed by atoms with Gasteiger partial charge in [-0.3, -0.25) is 28.8 Å². The lowest BCUT2D eigenvalue weighted by Gasteiger charge is -2.63. The van der Waals surface area contributed by atoms with Gasteiger partial charge in [0.1, 0.15) is 18.3 Å². The van der Waals surface area contributed by atoms with Crippen LogP contribution in [0.25, 0.3) is 0 Å².